The van der Waals surface area contributed by atoms with Crippen LogP contribution >= 0.6 is 0 Å². The van der Waals surface area contributed by atoms with Gasteiger partial charge in [-0.2, -0.15) is 4.68 Å². The van der Waals surface area contributed by atoms with Gasteiger partial charge in [0.15, 0.2) is 11.5 Å². The van der Waals surface area contributed by atoms with Crippen molar-refractivity contribution in [2.75, 3.05) is 0 Å². The summed E-state index contributed by atoms with van der Waals surface area (Å²) in [6, 6.07) is 8.84. The molecule has 3 rings (SSSR count). The summed E-state index contributed by atoms with van der Waals surface area (Å²) in [7, 11) is 1.43. The largest absolute Gasteiger partial charge is 0.476 e. The fourth-order valence-electron chi connectivity index (χ4n) is 1.90. The highest BCUT2D eigenvalue weighted by Crippen LogP contribution is 2.19. The van der Waals surface area contributed by atoms with Crippen molar-refractivity contribution in [1.82, 2.24) is 24.4 Å². The number of imidazole rings is 1. The van der Waals surface area contributed by atoms with Gasteiger partial charge in [-0.1, -0.05) is 35.5 Å². The second-order valence-electron chi connectivity index (χ2n) is 4.11. The molecule has 0 aliphatic rings. The molecule has 20 heavy (non-hydrogen) atoms. The molecule has 1 aromatic carbocycles. The number of aryl methyl sites for hydroxylation is 1. The van der Waals surface area contributed by atoms with E-state index in [1.165, 1.54) is 7.05 Å². The highest BCUT2D eigenvalue weighted by molar-refractivity contribution is 5.93. The number of aromatic carboxylic acids is 1. The second kappa shape index (κ2) is 4.26. The van der Waals surface area contributed by atoms with E-state index in [-0.39, 0.29) is 17.2 Å². The standard InChI is InChI=1S/C12H9N5O3/c1-16-12(20)17-9(7-5-3-2-4-6-7)13-8(11(18)19)10(17)14-15-16/h2-6H,1H3,(H,18,19). The van der Waals surface area contributed by atoms with Gasteiger partial charge in [0, 0.05) is 12.6 Å². The smallest absolute Gasteiger partial charge is 0.358 e. The number of hydrogen-bond donors (Lipinski definition) is 1. The van der Waals surface area contributed by atoms with Crippen molar-refractivity contribution in [1.29, 1.82) is 0 Å². The average molecular weight is 271 g/mol. The van der Waals surface area contributed by atoms with E-state index in [1.807, 2.05) is 6.07 Å². The summed E-state index contributed by atoms with van der Waals surface area (Å²) >= 11 is 0. The minimum Gasteiger partial charge on any atom is -0.476 e. The van der Waals surface area contributed by atoms with E-state index >= 15 is 0 Å². The molecule has 0 aliphatic carbocycles. The quantitative estimate of drug-likeness (QED) is 0.713. The van der Waals surface area contributed by atoms with Crippen LogP contribution in [0.15, 0.2) is 35.1 Å². The highest BCUT2D eigenvalue weighted by atomic mass is 16.4. The van der Waals surface area contributed by atoms with Gasteiger partial charge in [-0.05, 0) is 0 Å². The summed E-state index contributed by atoms with van der Waals surface area (Å²) in [6.07, 6.45) is 0. The first kappa shape index (κ1) is 12.0. The Balaban J connectivity index is 2.46. The summed E-state index contributed by atoms with van der Waals surface area (Å²) in [5.41, 5.74) is -0.248. The number of nitrogens with zero attached hydrogens (tertiary/aromatic N) is 5. The maximum atomic E-state index is 12.1. The molecular weight excluding hydrogens is 262 g/mol. The molecule has 1 N–H and O–H groups in total. The maximum Gasteiger partial charge on any atom is 0.358 e. The summed E-state index contributed by atoms with van der Waals surface area (Å²) in [5.74, 6) is -1.03. The second-order valence-corrected chi connectivity index (χ2v) is 4.11. The van der Waals surface area contributed by atoms with E-state index in [2.05, 4.69) is 15.3 Å². The number of aromatic nitrogens is 5. The molecule has 2 aromatic heterocycles. The third-order valence-corrected chi connectivity index (χ3v) is 2.83. The minimum atomic E-state index is -1.26. The molecule has 3 aromatic rings. The Morgan fingerprint density at radius 3 is 2.60 bits per heavy atom. The Bertz CT molecular complexity index is 866. The van der Waals surface area contributed by atoms with E-state index in [1.54, 1.807) is 24.3 Å². The number of carboxylic acids is 1. The van der Waals surface area contributed by atoms with Crippen LogP contribution in [0.2, 0.25) is 0 Å². The van der Waals surface area contributed by atoms with Crippen LogP contribution in [0.25, 0.3) is 17.0 Å². The van der Waals surface area contributed by atoms with Crippen molar-refractivity contribution in [2.24, 2.45) is 7.05 Å². The zero-order chi connectivity index (χ0) is 14.3. The summed E-state index contributed by atoms with van der Waals surface area (Å²) in [6.45, 7) is 0. The minimum absolute atomic E-state index is 0.0700. The first-order valence-electron chi connectivity index (χ1n) is 5.70. The Kier molecular flexibility index (Phi) is 2.56. The molecule has 0 saturated carbocycles. The molecule has 100 valence electrons. The molecule has 0 aliphatic heterocycles. The van der Waals surface area contributed by atoms with Crippen LogP contribution in [0.1, 0.15) is 10.5 Å². The number of carbonyl (C=O) groups is 1. The van der Waals surface area contributed by atoms with Crippen LogP contribution in [-0.2, 0) is 7.05 Å². The van der Waals surface area contributed by atoms with Crippen molar-refractivity contribution in [2.45, 2.75) is 0 Å². The monoisotopic (exact) mass is 271 g/mol. The third kappa shape index (κ3) is 1.66. The van der Waals surface area contributed by atoms with Crippen LogP contribution in [0, 0.1) is 0 Å². The van der Waals surface area contributed by atoms with Gasteiger partial charge in [0.05, 0.1) is 0 Å². The molecule has 0 spiro atoms. The van der Waals surface area contributed by atoms with Gasteiger partial charge in [-0.15, -0.1) is 5.10 Å². The molecule has 0 unspecified atom stereocenters. The third-order valence-electron chi connectivity index (χ3n) is 2.83. The number of rotatable bonds is 2. The highest BCUT2D eigenvalue weighted by Gasteiger charge is 2.21. The SMILES string of the molecule is Cn1nnc2c(C(=O)O)nc(-c3ccccc3)n2c1=O. The van der Waals surface area contributed by atoms with E-state index in [0.29, 0.717) is 5.56 Å². The van der Waals surface area contributed by atoms with Crippen LogP contribution in [-0.4, -0.2) is 35.5 Å². The molecular formula is C12H9N5O3. The Morgan fingerprint density at radius 2 is 1.95 bits per heavy atom. The lowest BCUT2D eigenvalue weighted by Crippen LogP contribution is -2.28. The van der Waals surface area contributed by atoms with E-state index in [4.69, 9.17) is 5.11 Å². The summed E-state index contributed by atoms with van der Waals surface area (Å²) in [4.78, 5) is 27.4. The lowest BCUT2D eigenvalue weighted by Gasteiger charge is -2.00. The van der Waals surface area contributed by atoms with Gasteiger partial charge in [0.2, 0.25) is 5.65 Å². The predicted octanol–water partition coefficient (Wildman–Crippen LogP) is 0.188. The summed E-state index contributed by atoms with van der Waals surface area (Å²) in [5, 5.41) is 16.5. The number of fused-ring (bicyclic) bond motifs is 1. The zero-order valence-electron chi connectivity index (χ0n) is 10.4. The van der Waals surface area contributed by atoms with Gasteiger partial charge >= 0.3 is 11.7 Å². The van der Waals surface area contributed by atoms with Crippen molar-refractivity contribution >= 4 is 11.6 Å². The van der Waals surface area contributed by atoms with Gasteiger partial charge in [0.1, 0.15) is 0 Å². The number of carboxylic acid groups (broad SMARTS) is 1. The lowest BCUT2D eigenvalue weighted by molar-refractivity contribution is 0.0693. The van der Waals surface area contributed by atoms with Crippen LogP contribution in [0.3, 0.4) is 0 Å². The molecule has 0 amide bonds. The van der Waals surface area contributed by atoms with E-state index < -0.39 is 11.7 Å². The first-order valence-corrected chi connectivity index (χ1v) is 5.70. The van der Waals surface area contributed by atoms with Gasteiger partial charge in [-0.3, -0.25) is 0 Å². The summed E-state index contributed by atoms with van der Waals surface area (Å²) < 4.78 is 2.17. The van der Waals surface area contributed by atoms with Crippen molar-refractivity contribution in [3.8, 4) is 11.4 Å². The molecule has 8 nitrogen and oxygen atoms in total. The van der Waals surface area contributed by atoms with Crippen LogP contribution < -0.4 is 5.69 Å². The van der Waals surface area contributed by atoms with Gasteiger partial charge < -0.3 is 5.11 Å². The molecule has 8 heteroatoms. The van der Waals surface area contributed by atoms with Gasteiger partial charge in [-0.25, -0.2) is 19.0 Å². The fourth-order valence-corrected chi connectivity index (χ4v) is 1.90. The normalized spacial score (nSPS) is 10.8. The first-order chi connectivity index (χ1) is 9.59. The van der Waals surface area contributed by atoms with E-state index in [0.717, 1.165) is 9.08 Å². The average Bonchev–Trinajstić information content (AvgIpc) is 2.84. The van der Waals surface area contributed by atoms with Crippen molar-refractivity contribution < 1.29 is 9.90 Å². The van der Waals surface area contributed by atoms with Crippen LogP contribution in [0.4, 0.5) is 0 Å². The van der Waals surface area contributed by atoms with Crippen molar-refractivity contribution in [3.05, 3.63) is 46.5 Å². The number of benzene rings is 1. The Hall–Kier alpha value is -3.03. The molecule has 2 heterocycles. The Morgan fingerprint density at radius 1 is 1.25 bits per heavy atom. The maximum absolute atomic E-state index is 12.1. The number of hydrogen-bond acceptors (Lipinski definition) is 5. The van der Waals surface area contributed by atoms with Crippen molar-refractivity contribution in [3.63, 3.8) is 0 Å². The molecule has 0 bridgehead atoms. The fraction of sp³-hybridized carbons (Fsp3) is 0.0833. The topological polar surface area (TPSA) is 102 Å². The van der Waals surface area contributed by atoms with Gasteiger partial charge in [0.25, 0.3) is 0 Å². The lowest BCUT2D eigenvalue weighted by atomic mass is 10.2. The zero-order valence-corrected chi connectivity index (χ0v) is 10.4. The molecule has 0 radical (unpaired) electrons. The predicted molar refractivity (Wildman–Crippen MR) is 68.4 cm³/mol. The molecule has 0 fully saturated rings. The molecule has 0 atom stereocenters. The van der Waals surface area contributed by atoms with Crippen LogP contribution in [0.5, 0.6) is 0 Å². The Labute approximate surface area is 111 Å². The molecule has 0 saturated heterocycles. The van der Waals surface area contributed by atoms with E-state index in [9.17, 15) is 9.59 Å².